The van der Waals surface area contributed by atoms with E-state index in [1.165, 1.54) is 11.3 Å². The molecular formula is C17H17N5OS. The molecule has 3 aromatic rings. The predicted molar refractivity (Wildman–Crippen MR) is 95.7 cm³/mol. The number of nitrogens with one attached hydrogen (secondary N) is 2. The Morgan fingerprint density at radius 2 is 1.96 bits per heavy atom. The normalized spacial score (nSPS) is 10.4. The molecule has 1 amide bonds. The van der Waals surface area contributed by atoms with Crippen LogP contribution in [0.15, 0.2) is 42.0 Å². The van der Waals surface area contributed by atoms with Crippen molar-refractivity contribution in [1.82, 2.24) is 15.0 Å². The molecule has 0 saturated heterocycles. The van der Waals surface area contributed by atoms with Gasteiger partial charge in [0.25, 0.3) is 0 Å². The maximum atomic E-state index is 12.2. The van der Waals surface area contributed by atoms with E-state index >= 15 is 0 Å². The number of nitrogens with zero attached hydrogens (tertiary/aromatic N) is 3. The van der Waals surface area contributed by atoms with Gasteiger partial charge in [-0.3, -0.25) is 4.79 Å². The molecule has 0 spiro atoms. The van der Waals surface area contributed by atoms with Crippen molar-refractivity contribution in [1.29, 1.82) is 0 Å². The Balaban J connectivity index is 1.62. The topological polar surface area (TPSA) is 79.8 Å². The Labute approximate surface area is 144 Å². The highest BCUT2D eigenvalue weighted by Gasteiger charge is 2.10. The number of amides is 1. The fraction of sp³-hybridized carbons (Fsp3) is 0.176. The lowest BCUT2D eigenvalue weighted by atomic mass is 10.1. The molecule has 122 valence electrons. The molecule has 0 aliphatic rings. The van der Waals surface area contributed by atoms with Crippen molar-refractivity contribution >= 4 is 34.0 Å². The van der Waals surface area contributed by atoms with E-state index in [0.29, 0.717) is 16.8 Å². The minimum atomic E-state index is -0.0866. The van der Waals surface area contributed by atoms with Crippen molar-refractivity contribution in [3.8, 4) is 0 Å². The first-order valence-electron chi connectivity index (χ1n) is 7.46. The molecule has 0 aliphatic carbocycles. The standard InChI is InChI=1S/C17H17N5OS/c1-11-5-3-6-14(12(11)2)21-15(23)9-13-10-24-17(20-13)22-16-18-7-4-8-19-16/h3-8,10H,9H2,1-2H3,(H,21,23)(H,18,19,20,22). The van der Waals surface area contributed by atoms with Gasteiger partial charge >= 0.3 is 0 Å². The number of rotatable bonds is 5. The van der Waals surface area contributed by atoms with Crippen LogP contribution in [0.3, 0.4) is 0 Å². The second-order valence-corrected chi connectivity index (χ2v) is 6.17. The fourth-order valence-corrected chi connectivity index (χ4v) is 2.85. The summed E-state index contributed by atoms with van der Waals surface area (Å²) in [7, 11) is 0. The molecule has 0 bridgehead atoms. The lowest BCUT2D eigenvalue weighted by Crippen LogP contribution is -2.15. The minimum absolute atomic E-state index is 0.0866. The summed E-state index contributed by atoms with van der Waals surface area (Å²) < 4.78 is 0. The Morgan fingerprint density at radius 1 is 1.17 bits per heavy atom. The summed E-state index contributed by atoms with van der Waals surface area (Å²) in [5.74, 6) is 0.398. The van der Waals surface area contributed by atoms with E-state index in [1.54, 1.807) is 18.5 Å². The average Bonchev–Trinajstić information content (AvgIpc) is 2.99. The molecule has 6 nitrogen and oxygen atoms in total. The zero-order valence-electron chi connectivity index (χ0n) is 13.4. The number of carbonyl (C=O) groups is 1. The summed E-state index contributed by atoms with van der Waals surface area (Å²) in [6.07, 6.45) is 3.53. The molecule has 0 aliphatic heterocycles. The molecule has 2 aromatic heterocycles. The maximum Gasteiger partial charge on any atom is 0.230 e. The van der Waals surface area contributed by atoms with Gasteiger partial charge < -0.3 is 10.6 Å². The third kappa shape index (κ3) is 3.94. The minimum Gasteiger partial charge on any atom is -0.325 e. The van der Waals surface area contributed by atoms with E-state index in [-0.39, 0.29) is 12.3 Å². The van der Waals surface area contributed by atoms with Crippen LogP contribution in [0.25, 0.3) is 0 Å². The molecule has 24 heavy (non-hydrogen) atoms. The molecule has 2 heterocycles. The van der Waals surface area contributed by atoms with Gasteiger partial charge in [-0.1, -0.05) is 12.1 Å². The number of aromatic nitrogens is 3. The van der Waals surface area contributed by atoms with Gasteiger partial charge in [-0.2, -0.15) is 0 Å². The summed E-state index contributed by atoms with van der Waals surface area (Å²) in [5.41, 5.74) is 3.77. The average molecular weight is 339 g/mol. The Bertz CT molecular complexity index is 847. The first-order valence-corrected chi connectivity index (χ1v) is 8.34. The van der Waals surface area contributed by atoms with E-state index in [0.717, 1.165) is 16.8 Å². The van der Waals surface area contributed by atoms with Crippen LogP contribution in [0.1, 0.15) is 16.8 Å². The van der Waals surface area contributed by atoms with Gasteiger partial charge in [0.2, 0.25) is 11.9 Å². The van der Waals surface area contributed by atoms with Crippen molar-refractivity contribution in [2.24, 2.45) is 0 Å². The van der Waals surface area contributed by atoms with Crippen LogP contribution >= 0.6 is 11.3 Å². The lowest BCUT2D eigenvalue weighted by molar-refractivity contribution is -0.115. The Morgan fingerprint density at radius 3 is 2.75 bits per heavy atom. The molecular weight excluding hydrogens is 322 g/mol. The van der Waals surface area contributed by atoms with Gasteiger partial charge in [-0.25, -0.2) is 15.0 Å². The highest BCUT2D eigenvalue weighted by molar-refractivity contribution is 7.13. The van der Waals surface area contributed by atoms with E-state index in [2.05, 4.69) is 25.6 Å². The summed E-state index contributed by atoms with van der Waals surface area (Å²) in [5, 5.41) is 8.47. The molecule has 3 rings (SSSR count). The van der Waals surface area contributed by atoms with Crippen LogP contribution in [-0.2, 0) is 11.2 Å². The van der Waals surface area contributed by atoms with Crippen molar-refractivity contribution in [3.05, 3.63) is 58.9 Å². The Hall–Kier alpha value is -2.80. The van der Waals surface area contributed by atoms with Crippen LogP contribution in [-0.4, -0.2) is 20.9 Å². The SMILES string of the molecule is Cc1cccc(NC(=O)Cc2csc(Nc3ncccn3)n2)c1C. The van der Waals surface area contributed by atoms with Gasteiger partial charge in [0.05, 0.1) is 12.1 Å². The van der Waals surface area contributed by atoms with Crippen LogP contribution in [0, 0.1) is 13.8 Å². The van der Waals surface area contributed by atoms with E-state index in [4.69, 9.17) is 0 Å². The largest absolute Gasteiger partial charge is 0.325 e. The lowest BCUT2D eigenvalue weighted by Gasteiger charge is -2.09. The third-order valence-corrected chi connectivity index (χ3v) is 4.36. The van der Waals surface area contributed by atoms with Gasteiger partial charge in [0.15, 0.2) is 5.13 Å². The smallest absolute Gasteiger partial charge is 0.230 e. The van der Waals surface area contributed by atoms with E-state index in [9.17, 15) is 4.79 Å². The van der Waals surface area contributed by atoms with E-state index in [1.807, 2.05) is 37.4 Å². The summed E-state index contributed by atoms with van der Waals surface area (Å²) in [6, 6.07) is 7.61. The van der Waals surface area contributed by atoms with Gasteiger partial charge in [0.1, 0.15) is 0 Å². The molecule has 0 unspecified atom stereocenters. The third-order valence-electron chi connectivity index (χ3n) is 3.56. The van der Waals surface area contributed by atoms with Crippen LogP contribution in [0.4, 0.5) is 16.8 Å². The van der Waals surface area contributed by atoms with Gasteiger partial charge in [-0.15, -0.1) is 11.3 Å². The number of aryl methyl sites for hydroxylation is 1. The first-order chi connectivity index (χ1) is 11.6. The summed E-state index contributed by atoms with van der Waals surface area (Å²) >= 11 is 1.42. The summed E-state index contributed by atoms with van der Waals surface area (Å²) in [4.78, 5) is 24.8. The van der Waals surface area contributed by atoms with Crippen molar-refractivity contribution in [2.75, 3.05) is 10.6 Å². The monoisotopic (exact) mass is 339 g/mol. The summed E-state index contributed by atoms with van der Waals surface area (Å²) in [6.45, 7) is 4.02. The number of anilines is 3. The maximum absolute atomic E-state index is 12.2. The van der Waals surface area contributed by atoms with Crippen LogP contribution in [0.2, 0.25) is 0 Å². The molecule has 7 heteroatoms. The molecule has 0 radical (unpaired) electrons. The van der Waals surface area contributed by atoms with Gasteiger partial charge in [-0.05, 0) is 37.1 Å². The Kier molecular flexibility index (Phi) is 4.81. The predicted octanol–water partition coefficient (Wildman–Crippen LogP) is 3.47. The molecule has 0 fully saturated rings. The highest BCUT2D eigenvalue weighted by atomic mass is 32.1. The van der Waals surface area contributed by atoms with Crippen LogP contribution < -0.4 is 10.6 Å². The zero-order chi connectivity index (χ0) is 16.9. The van der Waals surface area contributed by atoms with Crippen molar-refractivity contribution in [3.63, 3.8) is 0 Å². The fourth-order valence-electron chi connectivity index (χ4n) is 2.15. The molecule has 0 saturated carbocycles. The second-order valence-electron chi connectivity index (χ2n) is 5.31. The zero-order valence-corrected chi connectivity index (χ0v) is 14.2. The number of benzene rings is 1. The highest BCUT2D eigenvalue weighted by Crippen LogP contribution is 2.20. The van der Waals surface area contributed by atoms with Crippen LogP contribution in [0.5, 0.6) is 0 Å². The van der Waals surface area contributed by atoms with Crippen molar-refractivity contribution < 1.29 is 4.79 Å². The quantitative estimate of drug-likeness (QED) is 0.744. The molecule has 0 atom stereocenters. The number of hydrogen-bond acceptors (Lipinski definition) is 6. The number of thiazole rings is 1. The number of hydrogen-bond donors (Lipinski definition) is 2. The van der Waals surface area contributed by atoms with Crippen molar-refractivity contribution in [2.45, 2.75) is 20.3 Å². The van der Waals surface area contributed by atoms with Gasteiger partial charge in [0, 0.05) is 23.5 Å². The van der Waals surface area contributed by atoms with E-state index < -0.39 is 0 Å². The molecule has 1 aromatic carbocycles. The number of carbonyl (C=O) groups excluding carboxylic acids is 1. The first kappa shape index (κ1) is 16.1. The second kappa shape index (κ2) is 7.18. The molecule has 2 N–H and O–H groups in total.